The van der Waals surface area contributed by atoms with Gasteiger partial charge < -0.3 is 0 Å². The van der Waals surface area contributed by atoms with Gasteiger partial charge in [-0.15, -0.1) is 0 Å². The van der Waals surface area contributed by atoms with Gasteiger partial charge in [0.15, 0.2) is 0 Å². The third-order valence-electron chi connectivity index (χ3n) is 9.26. The van der Waals surface area contributed by atoms with Crippen LogP contribution in [0.4, 0.5) is 0 Å². The summed E-state index contributed by atoms with van der Waals surface area (Å²) in [6.45, 7) is 0. The van der Waals surface area contributed by atoms with E-state index in [9.17, 15) is 0 Å². The summed E-state index contributed by atoms with van der Waals surface area (Å²) in [6.07, 6.45) is 0. The Morgan fingerprint density at radius 3 is 1.58 bits per heavy atom. The molecule has 43 heavy (non-hydrogen) atoms. The van der Waals surface area contributed by atoms with Crippen LogP contribution >= 0.6 is 0 Å². The number of aromatic nitrogens is 2. The lowest BCUT2D eigenvalue weighted by molar-refractivity contribution is 1.10. The number of hydrogen-bond acceptors (Lipinski definition) is 1. The summed E-state index contributed by atoms with van der Waals surface area (Å²) in [7, 11) is 0. The van der Waals surface area contributed by atoms with Gasteiger partial charge in [-0.25, -0.2) is 4.98 Å². The summed E-state index contributed by atoms with van der Waals surface area (Å²) in [5.74, 6) is 0.951. The molecular formula is C41H24N2. The number of rotatable bonds is 2. The van der Waals surface area contributed by atoms with Gasteiger partial charge in [0.2, 0.25) is 0 Å². The van der Waals surface area contributed by atoms with Gasteiger partial charge in [0, 0.05) is 11.3 Å². The van der Waals surface area contributed by atoms with Crippen LogP contribution in [-0.4, -0.2) is 9.55 Å². The van der Waals surface area contributed by atoms with Crippen molar-refractivity contribution >= 4 is 75.7 Å². The Kier molecular flexibility index (Phi) is 4.48. The first-order valence-electron chi connectivity index (χ1n) is 14.8. The van der Waals surface area contributed by atoms with Crippen LogP contribution in [0.2, 0.25) is 0 Å². The minimum Gasteiger partial charge on any atom is -0.292 e. The molecule has 0 saturated carbocycles. The van der Waals surface area contributed by atoms with E-state index in [1.807, 2.05) is 0 Å². The van der Waals surface area contributed by atoms with E-state index >= 15 is 0 Å². The first-order chi connectivity index (χ1) is 21.3. The second kappa shape index (κ2) is 8.40. The number of para-hydroxylation sites is 3. The Balaban J connectivity index is 1.47. The summed E-state index contributed by atoms with van der Waals surface area (Å²) in [5, 5.41) is 15.4. The average molecular weight is 545 g/mol. The van der Waals surface area contributed by atoms with E-state index in [1.165, 1.54) is 64.6 Å². The van der Waals surface area contributed by atoms with E-state index in [4.69, 9.17) is 4.98 Å². The first-order valence-corrected chi connectivity index (χ1v) is 14.8. The Morgan fingerprint density at radius 1 is 0.395 bits per heavy atom. The van der Waals surface area contributed by atoms with Crippen LogP contribution in [0.3, 0.4) is 0 Å². The summed E-state index contributed by atoms with van der Waals surface area (Å²) < 4.78 is 2.30. The molecule has 0 saturated heterocycles. The molecule has 198 valence electrons. The number of imidazole rings is 1. The van der Waals surface area contributed by atoms with Crippen LogP contribution in [0.25, 0.3) is 92.7 Å². The van der Waals surface area contributed by atoms with Crippen LogP contribution < -0.4 is 0 Å². The van der Waals surface area contributed by atoms with E-state index in [0.29, 0.717) is 0 Å². The molecule has 0 bridgehead atoms. The molecule has 0 aliphatic heterocycles. The zero-order chi connectivity index (χ0) is 28.1. The van der Waals surface area contributed by atoms with Crippen molar-refractivity contribution in [1.29, 1.82) is 0 Å². The molecule has 2 nitrogen and oxygen atoms in total. The van der Waals surface area contributed by atoms with Gasteiger partial charge in [-0.3, -0.25) is 4.57 Å². The fourth-order valence-electron chi connectivity index (χ4n) is 7.47. The molecule has 0 atom stereocenters. The number of fused-ring (bicyclic) bond motifs is 3. The lowest BCUT2D eigenvalue weighted by Gasteiger charge is -2.17. The van der Waals surface area contributed by atoms with Gasteiger partial charge in [-0.1, -0.05) is 109 Å². The summed E-state index contributed by atoms with van der Waals surface area (Å²) in [5.41, 5.74) is 4.31. The van der Waals surface area contributed by atoms with Crippen molar-refractivity contribution < 1.29 is 0 Å². The average Bonchev–Trinajstić information content (AvgIpc) is 3.46. The fourth-order valence-corrected chi connectivity index (χ4v) is 7.47. The topological polar surface area (TPSA) is 17.8 Å². The predicted molar refractivity (Wildman–Crippen MR) is 183 cm³/mol. The van der Waals surface area contributed by atoms with Crippen LogP contribution in [-0.2, 0) is 0 Å². The van der Waals surface area contributed by atoms with Crippen molar-refractivity contribution in [1.82, 2.24) is 9.55 Å². The van der Waals surface area contributed by atoms with Gasteiger partial charge in [0.25, 0.3) is 0 Å². The molecule has 0 aliphatic rings. The maximum atomic E-state index is 5.25. The molecule has 10 rings (SSSR count). The Hall–Kier alpha value is -5.73. The zero-order valence-corrected chi connectivity index (χ0v) is 23.3. The highest BCUT2D eigenvalue weighted by Crippen LogP contribution is 2.44. The zero-order valence-electron chi connectivity index (χ0n) is 23.3. The quantitative estimate of drug-likeness (QED) is 0.198. The third-order valence-corrected chi connectivity index (χ3v) is 9.26. The van der Waals surface area contributed by atoms with Crippen LogP contribution in [0.15, 0.2) is 146 Å². The molecule has 2 heteroatoms. The van der Waals surface area contributed by atoms with Crippen LogP contribution in [0, 0.1) is 0 Å². The molecule has 0 fully saturated rings. The Bertz CT molecular complexity index is 2710. The number of hydrogen-bond donors (Lipinski definition) is 0. The lowest BCUT2D eigenvalue weighted by Crippen LogP contribution is -1.97. The molecule has 0 unspecified atom stereocenters. The van der Waals surface area contributed by atoms with Gasteiger partial charge in [-0.2, -0.15) is 0 Å². The van der Waals surface area contributed by atoms with E-state index in [0.717, 1.165) is 28.1 Å². The second-order valence-corrected chi connectivity index (χ2v) is 11.6. The molecule has 10 aromatic rings. The van der Waals surface area contributed by atoms with Gasteiger partial charge in [0.05, 0.1) is 11.0 Å². The molecule has 0 spiro atoms. The summed E-state index contributed by atoms with van der Waals surface area (Å²) in [6, 6.07) is 53.1. The summed E-state index contributed by atoms with van der Waals surface area (Å²) >= 11 is 0. The van der Waals surface area contributed by atoms with Crippen LogP contribution in [0.1, 0.15) is 0 Å². The molecule has 1 aromatic heterocycles. The van der Waals surface area contributed by atoms with Gasteiger partial charge in [-0.05, 0) is 101 Å². The van der Waals surface area contributed by atoms with Crippen LogP contribution in [0.5, 0.6) is 0 Å². The lowest BCUT2D eigenvalue weighted by atomic mass is 9.87. The molecular weight excluding hydrogens is 520 g/mol. The molecule has 1 heterocycles. The highest BCUT2D eigenvalue weighted by atomic mass is 15.1. The summed E-state index contributed by atoms with van der Waals surface area (Å²) in [4.78, 5) is 5.25. The minimum atomic E-state index is 0.951. The van der Waals surface area contributed by atoms with Crippen molar-refractivity contribution in [2.45, 2.75) is 0 Å². The smallest absolute Gasteiger partial charge is 0.145 e. The van der Waals surface area contributed by atoms with Crippen molar-refractivity contribution in [2.24, 2.45) is 0 Å². The maximum Gasteiger partial charge on any atom is 0.145 e. The third kappa shape index (κ3) is 3.10. The van der Waals surface area contributed by atoms with Gasteiger partial charge >= 0.3 is 0 Å². The second-order valence-electron chi connectivity index (χ2n) is 11.6. The normalized spacial score (nSPS) is 12.2. The van der Waals surface area contributed by atoms with Gasteiger partial charge in [0.1, 0.15) is 5.82 Å². The van der Waals surface area contributed by atoms with Crippen molar-refractivity contribution in [3.8, 4) is 17.1 Å². The van der Waals surface area contributed by atoms with E-state index in [-0.39, 0.29) is 0 Å². The first kappa shape index (κ1) is 22.9. The molecule has 0 N–H and O–H groups in total. The predicted octanol–water partition coefficient (Wildman–Crippen LogP) is 11.0. The number of benzene rings is 8. The monoisotopic (exact) mass is 544 g/mol. The molecule has 9 aromatic carbocycles. The van der Waals surface area contributed by atoms with Crippen molar-refractivity contribution in [2.75, 3.05) is 0 Å². The minimum absolute atomic E-state index is 0.951. The van der Waals surface area contributed by atoms with E-state index in [2.05, 4.69) is 150 Å². The van der Waals surface area contributed by atoms with E-state index < -0.39 is 0 Å². The molecule has 0 aliphatic carbocycles. The largest absolute Gasteiger partial charge is 0.292 e. The SMILES string of the molecule is c1ccc(-n2c(-c3cc4ccc5cccc6c7cccc8ccc9cccc(c(c3)c4c56)c9c87)nc3ccccc32)cc1. The molecule has 0 radical (unpaired) electrons. The fraction of sp³-hybridized carbons (Fsp3) is 0. The van der Waals surface area contributed by atoms with Crippen molar-refractivity contribution in [3.05, 3.63) is 146 Å². The maximum absolute atomic E-state index is 5.25. The highest BCUT2D eigenvalue weighted by Gasteiger charge is 2.19. The number of nitrogens with zero attached hydrogens (tertiary/aromatic N) is 2. The Labute approximate surface area is 247 Å². The highest BCUT2D eigenvalue weighted by molar-refractivity contribution is 6.37. The molecule has 0 amide bonds. The Morgan fingerprint density at radius 2 is 0.930 bits per heavy atom. The van der Waals surface area contributed by atoms with Crippen molar-refractivity contribution in [3.63, 3.8) is 0 Å². The van der Waals surface area contributed by atoms with E-state index in [1.54, 1.807) is 0 Å². The standard InChI is InChI=1S/C41H24N2/c1-2-12-30(13-3-1)43-36-18-5-4-17-35(36)42-41(43)29-23-28-22-21-27-10-7-15-32-31-14-6-9-25-19-20-26-11-8-16-33(39(26)37(25)31)34(24-29)40(28)38(27)32/h1-24H.